The molecule has 0 aliphatic rings. The lowest BCUT2D eigenvalue weighted by Gasteiger charge is -2.11. The van der Waals surface area contributed by atoms with Crippen molar-refractivity contribution in [3.05, 3.63) is 65.2 Å². The molecular formula is C15H13ClN4S. The van der Waals surface area contributed by atoms with Crippen molar-refractivity contribution in [3.8, 4) is 5.69 Å². The zero-order valence-corrected chi connectivity index (χ0v) is 12.9. The molecule has 1 aromatic heterocycles. The highest BCUT2D eigenvalue weighted by molar-refractivity contribution is 7.99. The molecule has 0 aliphatic carbocycles. The van der Waals surface area contributed by atoms with E-state index in [1.165, 1.54) is 5.56 Å². The number of tetrazole rings is 1. The number of halogens is 1. The standard InChI is InChI=1S/C15H13ClN4S/c1-11(12-5-3-2-4-6-12)21-15-17-18-19-20(15)14-9-7-13(16)8-10-14/h2-11H,1H3/t11-/m1/s1. The molecule has 0 amide bonds. The molecule has 0 spiro atoms. The van der Waals surface area contributed by atoms with Crippen molar-refractivity contribution >= 4 is 23.4 Å². The summed E-state index contributed by atoms with van der Waals surface area (Å²) in [6.07, 6.45) is 0. The predicted octanol–water partition coefficient (Wildman–Crippen LogP) is 4.17. The van der Waals surface area contributed by atoms with Crippen molar-refractivity contribution in [2.24, 2.45) is 0 Å². The molecule has 2 aromatic carbocycles. The Hall–Kier alpha value is -1.85. The van der Waals surface area contributed by atoms with Crippen LogP contribution in [0.25, 0.3) is 5.69 Å². The van der Waals surface area contributed by atoms with Crippen molar-refractivity contribution < 1.29 is 0 Å². The number of benzene rings is 2. The van der Waals surface area contributed by atoms with E-state index in [0.29, 0.717) is 5.02 Å². The largest absolute Gasteiger partial charge is 0.214 e. The van der Waals surface area contributed by atoms with E-state index in [0.717, 1.165) is 10.8 Å². The third kappa shape index (κ3) is 3.25. The normalized spacial score (nSPS) is 12.3. The third-order valence-corrected chi connectivity index (χ3v) is 4.41. The van der Waals surface area contributed by atoms with Gasteiger partial charge in [0.25, 0.3) is 0 Å². The maximum absolute atomic E-state index is 5.91. The van der Waals surface area contributed by atoms with Gasteiger partial charge in [-0.15, -0.1) is 5.10 Å². The van der Waals surface area contributed by atoms with Gasteiger partial charge in [-0.3, -0.25) is 0 Å². The van der Waals surface area contributed by atoms with Gasteiger partial charge in [0.05, 0.1) is 5.69 Å². The Kier molecular flexibility index (Phi) is 4.22. The van der Waals surface area contributed by atoms with Gasteiger partial charge in [-0.1, -0.05) is 53.7 Å². The molecule has 0 aliphatic heterocycles. The third-order valence-electron chi connectivity index (χ3n) is 3.06. The minimum Gasteiger partial charge on any atom is -0.187 e. The van der Waals surface area contributed by atoms with Crippen LogP contribution in [0.2, 0.25) is 5.02 Å². The monoisotopic (exact) mass is 316 g/mol. The van der Waals surface area contributed by atoms with E-state index in [4.69, 9.17) is 11.6 Å². The van der Waals surface area contributed by atoms with Gasteiger partial charge in [0.2, 0.25) is 5.16 Å². The Bertz CT molecular complexity index is 712. The molecule has 0 radical (unpaired) electrons. The molecule has 0 saturated carbocycles. The SMILES string of the molecule is C[C@@H](Sc1nnnn1-c1ccc(Cl)cc1)c1ccccc1. The van der Waals surface area contributed by atoms with Gasteiger partial charge >= 0.3 is 0 Å². The Labute approximate surface area is 132 Å². The molecule has 0 saturated heterocycles. The van der Waals surface area contributed by atoms with Crippen LogP contribution in [0, 0.1) is 0 Å². The lowest BCUT2D eigenvalue weighted by atomic mass is 10.2. The average Bonchev–Trinajstić information content (AvgIpc) is 2.97. The van der Waals surface area contributed by atoms with E-state index in [-0.39, 0.29) is 5.25 Å². The van der Waals surface area contributed by atoms with E-state index in [9.17, 15) is 0 Å². The van der Waals surface area contributed by atoms with Crippen LogP contribution < -0.4 is 0 Å². The number of aromatic nitrogens is 4. The molecule has 3 rings (SSSR count). The van der Waals surface area contributed by atoms with Gasteiger partial charge in [-0.05, 0) is 47.2 Å². The summed E-state index contributed by atoms with van der Waals surface area (Å²) in [5.74, 6) is 0. The van der Waals surface area contributed by atoms with Gasteiger partial charge in [0.15, 0.2) is 0 Å². The smallest absolute Gasteiger partial charge is 0.187 e. The molecule has 0 unspecified atom stereocenters. The molecule has 1 heterocycles. The molecule has 0 N–H and O–H groups in total. The summed E-state index contributed by atoms with van der Waals surface area (Å²) in [5, 5.41) is 13.7. The summed E-state index contributed by atoms with van der Waals surface area (Å²) in [5.41, 5.74) is 2.14. The topological polar surface area (TPSA) is 43.6 Å². The van der Waals surface area contributed by atoms with Crippen LogP contribution in [0.3, 0.4) is 0 Å². The van der Waals surface area contributed by atoms with Gasteiger partial charge in [-0.2, -0.15) is 4.68 Å². The molecule has 4 nitrogen and oxygen atoms in total. The van der Waals surface area contributed by atoms with Crippen molar-refractivity contribution in [1.29, 1.82) is 0 Å². The molecule has 106 valence electrons. The lowest BCUT2D eigenvalue weighted by Crippen LogP contribution is -2.00. The van der Waals surface area contributed by atoms with Gasteiger partial charge in [0, 0.05) is 10.3 Å². The second kappa shape index (κ2) is 6.28. The predicted molar refractivity (Wildman–Crippen MR) is 84.9 cm³/mol. The van der Waals surface area contributed by atoms with Crippen molar-refractivity contribution in [3.63, 3.8) is 0 Å². The summed E-state index contributed by atoms with van der Waals surface area (Å²) in [4.78, 5) is 0. The Morgan fingerprint density at radius 1 is 1.05 bits per heavy atom. The van der Waals surface area contributed by atoms with E-state index < -0.39 is 0 Å². The van der Waals surface area contributed by atoms with Crippen LogP contribution in [0.4, 0.5) is 0 Å². The zero-order chi connectivity index (χ0) is 14.7. The van der Waals surface area contributed by atoms with Crippen molar-refractivity contribution in [1.82, 2.24) is 20.2 Å². The Morgan fingerprint density at radius 3 is 2.48 bits per heavy atom. The second-order valence-electron chi connectivity index (χ2n) is 4.52. The van der Waals surface area contributed by atoms with Crippen molar-refractivity contribution in [2.45, 2.75) is 17.3 Å². The minimum absolute atomic E-state index is 0.267. The lowest BCUT2D eigenvalue weighted by molar-refractivity contribution is 0.755. The first kappa shape index (κ1) is 14.1. The first-order valence-electron chi connectivity index (χ1n) is 6.50. The average molecular weight is 317 g/mol. The summed E-state index contributed by atoms with van der Waals surface area (Å²) in [7, 11) is 0. The van der Waals surface area contributed by atoms with Crippen LogP contribution in [0.5, 0.6) is 0 Å². The number of rotatable bonds is 4. The van der Waals surface area contributed by atoms with Gasteiger partial charge < -0.3 is 0 Å². The maximum atomic E-state index is 5.91. The summed E-state index contributed by atoms with van der Waals surface area (Å²) >= 11 is 7.53. The van der Waals surface area contributed by atoms with Crippen LogP contribution in [0.1, 0.15) is 17.7 Å². The first-order chi connectivity index (χ1) is 10.2. The van der Waals surface area contributed by atoms with E-state index in [1.54, 1.807) is 16.4 Å². The fourth-order valence-corrected chi connectivity index (χ4v) is 3.01. The van der Waals surface area contributed by atoms with Gasteiger partial charge in [0.1, 0.15) is 0 Å². The Balaban J connectivity index is 1.84. The number of hydrogen-bond donors (Lipinski definition) is 0. The van der Waals surface area contributed by atoms with Crippen LogP contribution in [-0.2, 0) is 0 Å². The number of thioether (sulfide) groups is 1. The molecular weight excluding hydrogens is 304 g/mol. The summed E-state index contributed by atoms with van der Waals surface area (Å²) in [6.45, 7) is 2.14. The fraction of sp³-hybridized carbons (Fsp3) is 0.133. The maximum Gasteiger partial charge on any atom is 0.214 e. The summed E-state index contributed by atoms with van der Waals surface area (Å²) in [6, 6.07) is 17.7. The van der Waals surface area contributed by atoms with Crippen LogP contribution >= 0.6 is 23.4 Å². The molecule has 0 bridgehead atoms. The van der Waals surface area contributed by atoms with E-state index in [2.05, 4.69) is 34.6 Å². The Morgan fingerprint density at radius 2 is 1.76 bits per heavy atom. The number of hydrogen-bond acceptors (Lipinski definition) is 4. The highest BCUT2D eigenvalue weighted by atomic mass is 35.5. The first-order valence-corrected chi connectivity index (χ1v) is 7.76. The van der Waals surface area contributed by atoms with Crippen LogP contribution in [0.15, 0.2) is 59.8 Å². The molecule has 6 heteroatoms. The minimum atomic E-state index is 0.267. The fourth-order valence-electron chi connectivity index (χ4n) is 1.95. The van der Waals surface area contributed by atoms with E-state index in [1.807, 2.05) is 42.5 Å². The van der Waals surface area contributed by atoms with E-state index >= 15 is 0 Å². The molecule has 0 fully saturated rings. The zero-order valence-electron chi connectivity index (χ0n) is 11.3. The second-order valence-corrected chi connectivity index (χ2v) is 6.26. The molecule has 21 heavy (non-hydrogen) atoms. The quantitative estimate of drug-likeness (QED) is 0.678. The molecule has 1 atom stereocenters. The highest BCUT2D eigenvalue weighted by Crippen LogP contribution is 2.33. The van der Waals surface area contributed by atoms with Gasteiger partial charge in [-0.25, -0.2) is 0 Å². The summed E-state index contributed by atoms with van der Waals surface area (Å²) < 4.78 is 1.72. The molecule has 3 aromatic rings. The van der Waals surface area contributed by atoms with Crippen LogP contribution in [-0.4, -0.2) is 20.2 Å². The highest BCUT2D eigenvalue weighted by Gasteiger charge is 2.14. The number of nitrogens with zero attached hydrogens (tertiary/aromatic N) is 4. The van der Waals surface area contributed by atoms with Crippen molar-refractivity contribution in [2.75, 3.05) is 0 Å².